The topological polar surface area (TPSA) is 89.7 Å². The van der Waals surface area contributed by atoms with Crippen LogP contribution in [0.25, 0.3) is 0 Å². The Morgan fingerprint density at radius 3 is 2.52 bits per heavy atom. The lowest BCUT2D eigenvalue weighted by Crippen LogP contribution is -2.37. The van der Waals surface area contributed by atoms with Gasteiger partial charge in [-0.2, -0.15) is 4.31 Å². The molecule has 2 N–H and O–H groups in total. The predicted octanol–water partition coefficient (Wildman–Crippen LogP) is 0.730. The average Bonchev–Trinajstić information content (AvgIpc) is 2.44. The minimum Gasteiger partial charge on any atom is -0.465 e. The lowest BCUT2D eigenvalue weighted by molar-refractivity contribution is -0.140. The summed E-state index contributed by atoms with van der Waals surface area (Å²) in [5.41, 5.74) is 6.31. The Labute approximate surface area is 125 Å². The summed E-state index contributed by atoms with van der Waals surface area (Å²) in [5, 5.41) is 0. The van der Waals surface area contributed by atoms with Crippen LogP contribution in [0.3, 0.4) is 0 Å². The highest BCUT2D eigenvalue weighted by molar-refractivity contribution is 7.89. The number of carbonyl (C=O) groups is 1. The van der Waals surface area contributed by atoms with Gasteiger partial charge in [0.05, 0.1) is 6.61 Å². The third-order valence-electron chi connectivity index (χ3n) is 2.81. The molecule has 0 atom stereocenters. The molecule has 6 nitrogen and oxygen atoms in total. The minimum atomic E-state index is -3.71. The van der Waals surface area contributed by atoms with Gasteiger partial charge in [-0.1, -0.05) is 30.3 Å². The van der Waals surface area contributed by atoms with E-state index in [4.69, 9.17) is 10.5 Å². The molecule has 21 heavy (non-hydrogen) atoms. The van der Waals surface area contributed by atoms with Crippen LogP contribution in [0.5, 0.6) is 0 Å². The van der Waals surface area contributed by atoms with E-state index in [-0.39, 0.29) is 19.7 Å². The highest BCUT2D eigenvalue weighted by Gasteiger charge is 2.25. The number of carbonyl (C=O) groups excluding carboxylic acids is 1. The van der Waals surface area contributed by atoms with Crippen molar-refractivity contribution in [3.8, 4) is 0 Å². The van der Waals surface area contributed by atoms with Gasteiger partial charge >= 0.3 is 5.97 Å². The predicted molar refractivity (Wildman–Crippen MR) is 80.9 cm³/mol. The zero-order valence-electron chi connectivity index (χ0n) is 12.2. The first-order chi connectivity index (χ1) is 9.99. The van der Waals surface area contributed by atoms with Gasteiger partial charge in [-0.3, -0.25) is 4.79 Å². The van der Waals surface area contributed by atoms with Gasteiger partial charge in [-0.25, -0.2) is 8.42 Å². The van der Waals surface area contributed by atoms with E-state index in [9.17, 15) is 13.2 Å². The summed E-state index contributed by atoms with van der Waals surface area (Å²) in [5.74, 6) is -1.37. The lowest BCUT2D eigenvalue weighted by Gasteiger charge is -2.21. The van der Waals surface area contributed by atoms with E-state index in [0.717, 1.165) is 5.56 Å². The highest BCUT2D eigenvalue weighted by atomic mass is 32.2. The molecule has 118 valence electrons. The summed E-state index contributed by atoms with van der Waals surface area (Å²) < 4.78 is 30.6. The Bertz CT molecular complexity index is 531. The van der Waals surface area contributed by atoms with Crippen molar-refractivity contribution in [1.82, 2.24) is 4.31 Å². The SMILES string of the molecule is CCOC(=O)CS(=O)(=O)N(CCCN)Cc1ccccc1. The molecule has 1 aromatic carbocycles. The Balaban J connectivity index is 2.82. The molecule has 1 aromatic rings. The Hall–Kier alpha value is -1.44. The van der Waals surface area contributed by atoms with Crippen molar-refractivity contribution in [1.29, 1.82) is 0 Å². The molecule has 0 aliphatic rings. The monoisotopic (exact) mass is 314 g/mol. The number of benzene rings is 1. The quantitative estimate of drug-likeness (QED) is 0.679. The number of ether oxygens (including phenoxy) is 1. The number of nitrogens with zero attached hydrogens (tertiary/aromatic N) is 1. The van der Waals surface area contributed by atoms with Gasteiger partial charge in [-0.15, -0.1) is 0 Å². The van der Waals surface area contributed by atoms with Gasteiger partial charge in [0.2, 0.25) is 10.0 Å². The van der Waals surface area contributed by atoms with Crippen LogP contribution in [0.1, 0.15) is 18.9 Å². The van der Waals surface area contributed by atoms with Gasteiger partial charge in [0.15, 0.2) is 5.75 Å². The smallest absolute Gasteiger partial charge is 0.322 e. The standard InChI is InChI=1S/C14H22N2O4S/c1-2-20-14(17)12-21(18,19)16(10-6-9-15)11-13-7-4-3-5-8-13/h3-5,7-8H,2,6,9-12,15H2,1H3. The maximum absolute atomic E-state index is 12.3. The molecule has 0 saturated heterocycles. The summed E-state index contributed by atoms with van der Waals surface area (Å²) in [6.45, 7) is 2.70. The van der Waals surface area contributed by atoms with Crippen LogP contribution in [-0.2, 0) is 26.1 Å². The number of sulfonamides is 1. The first kappa shape index (κ1) is 17.6. The minimum absolute atomic E-state index is 0.163. The van der Waals surface area contributed by atoms with E-state index in [0.29, 0.717) is 13.0 Å². The summed E-state index contributed by atoms with van der Waals surface area (Å²) >= 11 is 0. The molecule has 7 heteroatoms. The van der Waals surface area contributed by atoms with Gasteiger partial charge < -0.3 is 10.5 Å². The Kier molecular flexibility index (Phi) is 7.35. The molecule has 1 rings (SSSR count). The zero-order chi connectivity index (χ0) is 15.7. The normalized spacial score (nSPS) is 11.6. The fourth-order valence-electron chi connectivity index (χ4n) is 1.81. The number of esters is 1. The van der Waals surface area contributed by atoms with E-state index >= 15 is 0 Å². The van der Waals surface area contributed by atoms with E-state index in [1.165, 1.54) is 4.31 Å². The summed E-state index contributed by atoms with van der Waals surface area (Å²) in [6, 6.07) is 9.23. The maximum atomic E-state index is 12.3. The number of hydrogen-bond donors (Lipinski definition) is 1. The molecule has 0 saturated carbocycles. The van der Waals surface area contributed by atoms with E-state index in [1.807, 2.05) is 30.3 Å². The molecule has 0 radical (unpaired) electrons. The molecule has 0 aliphatic heterocycles. The fourth-order valence-corrected chi connectivity index (χ4v) is 3.13. The number of hydrogen-bond acceptors (Lipinski definition) is 5. The largest absolute Gasteiger partial charge is 0.465 e. The molecule has 0 aromatic heterocycles. The zero-order valence-corrected chi connectivity index (χ0v) is 13.0. The van der Waals surface area contributed by atoms with Gasteiger partial charge in [-0.05, 0) is 25.5 Å². The van der Waals surface area contributed by atoms with Crippen molar-refractivity contribution in [2.24, 2.45) is 5.73 Å². The lowest BCUT2D eigenvalue weighted by atomic mass is 10.2. The van der Waals surface area contributed by atoms with Gasteiger partial charge in [0, 0.05) is 13.1 Å². The molecule has 0 bridgehead atoms. The Morgan fingerprint density at radius 2 is 1.95 bits per heavy atom. The van der Waals surface area contributed by atoms with E-state index < -0.39 is 21.7 Å². The summed E-state index contributed by atoms with van der Waals surface area (Å²) in [7, 11) is -3.71. The molecular formula is C14H22N2O4S. The van der Waals surface area contributed by atoms with Crippen LogP contribution < -0.4 is 5.73 Å². The van der Waals surface area contributed by atoms with E-state index in [2.05, 4.69) is 0 Å². The Morgan fingerprint density at radius 1 is 1.29 bits per heavy atom. The second kappa shape index (κ2) is 8.76. The first-order valence-corrected chi connectivity index (χ1v) is 8.48. The molecule has 0 aliphatic carbocycles. The molecule has 0 fully saturated rings. The number of rotatable bonds is 9. The van der Waals surface area contributed by atoms with Crippen LogP contribution in [0.4, 0.5) is 0 Å². The average molecular weight is 314 g/mol. The van der Waals surface area contributed by atoms with Crippen molar-refractivity contribution < 1.29 is 17.9 Å². The molecular weight excluding hydrogens is 292 g/mol. The van der Waals surface area contributed by atoms with Gasteiger partial charge in [0.1, 0.15) is 0 Å². The molecule has 0 spiro atoms. The first-order valence-electron chi connectivity index (χ1n) is 6.87. The third kappa shape index (κ3) is 6.24. The van der Waals surface area contributed by atoms with Crippen molar-refractivity contribution in [2.75, 3.05) is 25.4 Å². The van der Waals surface area contributed by atoms with Crippen molar-refractivity contribution in [3.63, 3.8) is 0 Å². The second-order valence-corrected chi connectivity index (χ2v) is 6.49. The van der Waals surface area contributed by atoms with Gasteiger partial charge in [0.25, 0.3) is 0 Å². The third-order valence-corrected chi connectivity index (χ3v) is 4.51. The maximum Gasteiger partial charge on any atom is 0.322 e. The molecule has 0 heterocycles. The second-order valence-electron chi connectivity index (χ2n) is 4.52. The number of nitrogens with two attached hydrogens (primary N) is 1. The van der Waals surface area contributed by atoms with Crippen LogP contribution in [0, 0.1) is 0 Å². The summed E-state index contributed by atoms with van der Waals surface area (Å²) in [6.07, 6.45) is 0.537. The van der Waals surface area contributed by atoms with Crippen LogP contribution in [-0.4, -0.2) is 44.1 Å². The van der Waals surface area contributed by atoms with Crippen molar-refractivity contribution >= 4 is 16.0 Å². The molecule has 0 unspecified atom stereocenters. The summed E-state index contributed by atoms with van der Waals surface area (Å²) in [4.78, 5) is 11.4. The fraction of sp³-hybridized carbons (Fsp3) is 0.500. The van der Waals surface area contributed by atoms with Crippen LogP contribution in [0.15, 0.2) is 30.3 Å². The molecule has 0 amide bonds. The van der Waals surface area contributed by atoms with Crippen LogP contribution in [0.2, 0.25) is 0 Å². The van der Waals surface area contributed by atoms with Crippen molar-refractivity contribution in [3.05, 3.63) is 35.9 Å². The van der Waals surface area contributed by atoms with E-state index in [1.54, 1.807) is 6.92 Å². The highest BCUT2D eigenvalue weighted by Crippen LogP contribution is 2.11. The van der Waals surface area contributed by atoms with Crippen molar-refractivity contribution in [2.45, 2.75) is 19.9 Å². The van der Waals surface area contributed by atoms with Crippen LogP contribution >= 0.6 is 0 Å².